The highest BCUT2D eigenvalue weighted by atomic mass is 32.1. The highest BCUT2D eigenvalue weighted by Crippen LogP contribution is 2.22. The van der Waals surface area contributed by atoms with Gasteiger partial charge < -0.3 is 10.1 Å². The maximum Gasteiger partial charge on any atom is 0.340 e. The lowest BCUT2D eigenvalue weighted by molar-refractivity contribution is 0.0603. The van der Waals surface area contributed by atoms with Gasteiger partial charge in [0, 0.05) is 17.3 Å². The van der Waals surface area contributed by atoms with Crippen LogP contribution < -0.4 is 5.32 Å². The molecule has 0 aliphatic heterocycles. The summed E-state index contributed by atoms with van der Waals surface area (Å²) in [5.41, 5.74) is 3.44. The van der Waals surface area contributed by atoms with Gasteiger partial charge in [0.15, 0.2) is 5.11 Å². The second-order valence-electron chi connectivity index (χ2n) is 5.22. The van der Waals surface area contributed by atoms with Crippen molar-refractivity contribution in [2.24, 2.45) is 0 Å². The first-order valence-electron chi connectivity index (χ1n) is 7.16. The van der Waals surface area contributed by atoms with Gasteiger partial charge in [-0.15, -0.1) is 0 Å². The number of para-hydroxylation sites is 1. The number of aryl methyl sites for hydroxylation is 1. The molecule has 23 heavy (non-hydrogen) atoms. The maximum atomic E-state index is 12.0. The minimum atomic E-state index is -0.377. The summed E-state index contributed by atoms with van der Waals surface area (Å²) in [6.07, 6.45) is 1.71. The first-order chi connectivity index (χ1) is 11.1. The van der Waals surface area contributed by atoms with E-state index >= 15 is 0 Å². The number of aromatic nitrogens is 1. The van der Waals surface area contributed by atoms with Crippen LogP contribution in [-0.4, -0.2) is 22.8 Å². The van der Waals surface area contributed by atoms with E-state index in [1.54, 1.807) is 10.8 Å². The van der Waals surface area contributed by atoms with E-state index in [0.717, 1.165) is 16.6 Å². The van der Waals surface area contributed by atoms with Gasteiger partial charge in [0.2, 0.25) is 0 Å². The number of hydrogen-bond acceptors (Lipinski definition) is 3. The molecule has 0 radical (unpaired) electrons. The van der Waals surface area contributed by atoms with E-state index in [-0.39, 0.29) is 5.97 Å². The van der Waals surface area contributed by atoms with Crippen LogP contribution in [0.5, 0.6) is 0 Å². The van der Waals surface area contributed by atoms with Crippen molar-refractivity contribution >= 4 is 39.9 Å². The van der Waals surface area contributed by atoms with Crippen molar-refractivity contribution in [3.05, 3.63) is 65.9 Å². The number of ether oxygens (including phenoxy) is 1. The molecule has 0 saturated carbocycles. The molecule has 4 nitrogen and oxygen atoms in total. The predicted octanol–water partition coefficient (Wildman–Crippen LogP) is 3.98. The van der Waals surface area contributed by atoms with Gasteiger partial charge in [-0.05, 0) is 37.3 Å². The Bertz CT molecular complexity index is 882. The molecule has 2 aromatic carbocycles. The van der Waals surface area contributed by atoms with E-state index in [2.05, 4.69) is 5.32 Å². The Balaban J connectivity index is 2.00. The molecule has 0 fully saturated rings. The molecule has 0 saturated heterocycles. The van der Waals surface area contributed by atoms with E-state index in [1.807, 2.05) is 55.5 Å². The number of fused-ring (bicyclic) bond motifs is 1. The van der Waals surface area contributed by atoms with Crippen LogP contribution in [0.1, 0.15) is 15.9 Å². The number of methoxy groups -OCH3 is 1. The van der Waals surface area contributed by atoms with Crippen LogP contribution in [0.15, 0.2) is 54.7 Å². The number of rotatable bonds is 2. The van der Waals surface area contributed by atoms with Gasteiger partial charge in [-0.25, -0.2) is 4.79 Å². The molecule has 3 rings (SSSR count). The molecule has 0 unspecified atom stereocenters. The summed E-state index contributed by atoms with van der Waals surface area (Å²) in [6.45, 7) is 2.03. The van der Waals surface area contributed by atoms with Gasteiger partial charge in [0.1, 0.15) is 0 Å². The number of carbonyl (C=O) groups excluding carboxylic acids is 1. The number of nitrogens with zero attached hydrogens (tertiary/aromatic N) is 1. The fourth-order valence-electron chi connectivity index (χ4n) is 2.44. The van der Waals surface area contributed by atoms with Crippen LogP contribution in [0, 0.1) is 6.92 Å². The standard InChI is InChI=1S/C18H16N2O2S/c1-12-7-9-13(10-8-12)19-18(23)20-11-15(17(21)22-2)14-5-3-4-6-16(14)20/h3-11H,1-2H3,(H,19,23). The topological polar surface area (TPSA) is 43.3 Å². The molecule has 0 aliphatic carbocycles. The van der Waals surface area contributed by atoms with Gasteiger partial charge in [-0.1, -0.05) is 35.9 Å². The number of hydrogen-bond donors (Lipinski definition) is 1. The molecule has 0 bridgehead atoms. The molecule has 0 atom stereocenters. The molecule has 1 N–H and O–H groups in total. The van der Waals surface area contributed by atoms with E-state index < -0.39 is 0 Å². The Kier molecular flexibility index (Phi) is 4.12. The highest BCUT2D eigenvalue weighted by Gasteiger charge is 2.16. The predicted molar refractivity (Wildman–Crippen MR) is 96.1 cm³/mol. The first kappa shape index (κ1) is 15.2. The summed E-state index contributed by atoms with van der Waals surface area (Å²) in [5, 5.41) is 4.50. The molecule has 5 heteroatoms. The van der Waals surface area contributed by atoms with E-state index in [1.165, 1.54) is 12.7 Å². The second-order valence-corrected chi connectivity index (χ2v) is 5.60. The lowest BCUT2D eigenvalue weighted by Gasteiger charge is -2.10. The average molecular weight is 324 g/mol. The second kappa shape index (κ2) is 6.22. The molecular formula is C18H16N2O2S. The lowest BCUT2D eigenvalue weighted by Crippen LogP contribution is -2.18. The van der Waals surface area contributed by atoms with Gasteiger partial charge in [0.25, 0.3) is 0 Å². The van der Waals surface area contributed by atoms with Gasteiger partial charge >= 0.3 is 5.97 Å². The molecule has 0 spiro atoms. The van der Waals surface area contributed by atoms with E-state index in [4.69, 9.17) is 17.0 Å². The molecule has 0 amide bonds. The van der Waals surface area contributed by atoms with Gasteiger partial charge in [-0.3, -0.25) is 4.57 Å². The SMILES string of the molecule is COC(=O)c1cn(C(=S)Nc2ccc(C)cc2)c2ccccc12. The van der Waals surface area contributed by atoms with Crippen molar-refractivity contribution in [2.75, 3.05) is 12.4 Å². The van der Waals surface area contributed by atoms with Crippen molar-refractivity contribution in [3.8, 4) is 0 Å². The number of carbonyl (C=O) groups is 1. The smallest absolute Gasteiger partial charge is 0.340 e. The van der Waals surface area contributed by atoms with Crippen LogP contribution in [-0.2, 0) is 4.74 Å². The summed E-state index contributed by atoms with van der Waals surface area (Å²) in [5.74, 6) is -0.377. The van der Waals surface area contributed by atoms with Crippen molar-refractivity contribution in [3.63, 3.8) is 0 Å². The molecule has 116 valence electrons. The first-order valence-corrected chi connectivity index (χ1v) is 7.57. The highest BCUT2D eigenvalue weighted by molar-refractivity contribution is 7.80. The molecule has 0 aliphatic rings. The van der Waals surface area contributed by atoms with Crippen LogP contribution in [0.25, 0.3) is 10.9 Å². The number of anilines is 1. The summed E-state index contributed by atoms with van der Waals surface area (Å²) in [7, 11) is 1.37. The molecule has 3 aromatic rings. The lowest BCUT2D eigenvalue weighted by atomic mass is 10.2. The van der Waals surface area contributed by atoms with Crippen molar-refractivity contribution in [2.45, 2.75) is 6.92 Å². The summed E-state index contributed by atoms with van der Waals surface area (Å²) >= 11 is 5.50. The number of nitrogens with one attached hydrogen (secondary N) is 1. The average Bonchev–Trinajstić information content (AvgIpc) is 2.96. The Morgan fingerprint density at radius 1 is 1.13 bits per heavy atom. The van der Waals surface area contributed by atoms with Crippen molar-refractivity contribution < 1.29 is 9.53 Å². The summed E-state index contributed by atoms with van der Waals surface area (Å²) in [4.78, 5) is 12.0. The molecule has 1 heterocycles. The fourth-order valence-corrected chi connectivity index (χ4v) is 2.71. The summed E-state index contributed by atoms with van der Waals surface area (Å²) in [6, 6.07) is 15.6. The number of thiocarbonyl (C=S) groups is 1. The number of esters is 1. The van der Waals surface area contributed by atoms with Gasteiger partial charge in [-0.2, -0.15) is 0 Å². The van der Waals surface area contributed by atoms with Crippen LogP contribution in [0.4, 0.5) is 5.69 Å². The van der Waals surface area contributed by atoms with Crippen molar-refractivity contribution in [1.82, 2.24) is 4.57 Å². The fraction of sp³-hybridized carbons (Fsp3) is 0.111. The minimum absolute atomic E-state index is 0.377. The van der Waals surface area contributed by atoms with Gasteiger partial charge in [0.05, 0.1) is 18.2 Å². The normalized spacial score (nSPS) is 10.5. The third kappa shape index (κ3) is 2.96. The maximum absolute atomic E-state index is 12.0. The Labute approximate surface area is 139 Å². The van der Waals surface area contributed by atoms with Crippen LogP contribution in [0.2, 0.25) is 0 Å². The summed E-state index contributed by atoms with van der Waals surface area (Å²) < 4.78 is 6.64. The van der Waals surface area contributed by atoms with Crippen LogP contribution >= 0.6 is 12.2 Å². The van der Waals surface area contributed by atoms with E-state index in [0.29, 0.717) is 10.7 Å². The number of benzene rings is 2. The monoisotopic (exact) mass is 324 g/mol. The third-order valence-corrected chi connectivity index (χ3v) is 3.94. The van der Waals surface area contributed by atoms with Crippen molar-refractivity contribution in [1.29, 1.82) is 0 Å². The zero-order valence-electron chi connectivity index (χ0n) is 12.9. The third-order valence-electron chi connectivity index (χ3n) is 3.64. The minimum Gasteiger partial charge on any atom is -0.465 e. The Morgan fingerprint density at radius 2 is 1.83 bits per heavy atom. The Morgan fingerprint density at radius 3 is 2.52 bits per heavy atom. The quantitative estimate of drug-likeness (QED) is 0.572. The Hall–Kier alpha value is -2.66. The zero-order chi connectivity index (χ0) is 16.4. The van der Waals surface area contributed by atoms with E-state index in [9.17, 15) is 4.79 Å². The zero-order valence-corrected chi connectivity index (χ0v) is 13.7. The molecule has 1 aromatic heterocycles. The molecular weight excluding hydrogens is 308 g/mol. The van der Waals surface area contributed by atoms with Crippen LogP contribution in [0.3, 0.4) is 0 Å². The largest absolute Gasteiger partial charge is 0.465 e.